The van der Waals surface area contributed by atoms with E-state index in [9.17, 15) is 9.18 Å². The van der Waals surface area contributed by atoms with Gasteiger partial charge in [0.1, 0.15) is 11.5 Å². The second kappa shape index (κ2) is 8.10. The number of aromatic amines is 1. The van der Waals surface area contributed by atoms with Crippen LogP contribution >= 0.6 is 0 Å². The van der Waals surface area contributed by atoms with Crippen LogP contribution in [0.5, 0.6) is 0 Å². The van der Waals surface area contributed by atoms with Gasteiger partial charge in [0.2, 0.25) is 0 Å². The summed E-state index contributed by atoms with van der Waals surface area (Å²) in [5, 5.41) is 5.24. The molecule has 4 aromatic rings. The summed E-state index contributed by atoms with van der Waals surface area (Å²) in [6, 6.07) is 11.8. The summed E-state index contributed by atoms with van der Waals surface area (Å²) in [5.74, 6) is 0.425. The zero-order chi connectivity index (χ0) is 21.3. The average Bonchev–Trinajstić information content (AvgIpc) is 3.35. The summed E-state index contributed by atoms with van der Waals surface area (Å²) in [6.45, 7) is 4.59. The molecule has 0 saturated heterocycles. The molecule has 0 saturated carbocycles. The van der Waals surface area contributed by atoms with Crippen molar-refractivity contribution in [3.8, 4) is 11.6 Å². The Balaban J connectivity index is 1.49. The fraction of sp³-hybridized carbons (Fsp3) is 0.261. The Morgan fingerprint density at radius 3 is 2.70 bits per heavy atom. The molecule has 0 aliphatic heterocycles. The van der Waals surface area contributed by atoms with Crippen LogP contribution in [0.25, 0.3) is 22.5 Å². The van der Waals surface area contributed by atoms with Crippen LogP contribution in [-0.4, -0.2) is 39.5 Å². The van der Waals surface area contributed by atoms with E-state index < -0.39 is 0 Å². The zero-order valence-corrected chi connectivity index (χ0v) is 17.2. The number of carbonyl (C=O) groups excluding carboxylic acids is 1. The molecular weight excluding hydrogens is 383 g/mol. The van der Waals surface area contributed by atoms with Crippen molar-refractivity contribution < 1.29 is 13.7 Å². The molecule has 2 heterocycles. The summed E-state index contributed by atoms with van der Waals surface area (Å²) >= 11 is 0. The lowest BCUT2D eigenvalue weighted by Crippen LogP contribution is -2.29. The van der Waals surface area contributed by atoms with Crippen LogP contribution < -0.4 is 0 Å². The van der Waals surface area contributed by atoms with Gasteiger partial charge in [0.15, 0.2) is 5.82 Å². The van der Waals surface area contributed by atoms with Crippen molar-refractivity contribution in [2.45, 2.75) is 26.7 Å². The number of aromatic nitrogens is 3. The van der Waals surface area contributed by atoms with Gasteiger partial charge in [-0.25, -0.2) is 4.39 Å². The number of halogens is 1. The van der Waals surface area contributed by atoms with Crippen LogP contribution in [0.4, 0.5) is 4.39 Å². The van der Waals surface area contributed by atoms with E-state index in [0.717, 1.165) is 28.6 Å². The molecule has 0 fully saturated rings. The van der Waals surface area contributed by atoms with E-state index in [4.69, 9.17) is 4.52 Å². The molecule has 2 aromatic heterocycles. The first-order valence-corrected chi connectivity index (χ1v) is 9.91. The molecule has 1 N–H and O–H groups in total. The van der Waals surface area contributed by atoms with Gasteiger partial charge >= 0.3 is 0 Å². The predicted octanol–water partition coefficient (Wildman–Crippen LogP) is 4.54. The normalized spacial score (nSPS) is 11.2. The van der Waals surface area contributed by atoms with E-state index in [1.807, 2.05) is 0 Å². The van der Waals surface area contributed by atoms with Crippen LogP contribution in [0, 0.1) is 12.7 Å². The first kappa shape index (κ1) is 19.8. The number of hydrogen-bond donors (Lipinski definition) is 1. The second-order valence-electron chi connectivity index (χ2n) is 7.38. The van der Waals surface area contributed by atoms with Gasteiger partial charge in [0.25, 0.3) is 11.8 Å². The molecule has 6 nitrogen and oxygen atoms in total. The molecule has 30 heavy (non-hydrogen) atoms. The molecule has 0 aliphatic rings. The van der Waals surface area contributed by atoms with Crippen LogP contribution in [0.15, 0.2) is 47.0 Å². The van der Waals surface area contributed by atoms with Crippen molar-refractivity contribution in [1.82, 2.24) is 20.0 Å². The van der Waals surface area contributed by atoms with E-state index in [-0.39, 0.29) is 11.7 Å². The number of nitrogens with zero attached hydrogens (tertiary/aromatic N) is 3. The number of carbonyl (C=O) groups is 1. The minimum absolute atomic E-state index is 0.182. The lowest BCUT2D eigenvalue weighted by molar-refractivity contribution is 0.0795. The lowest BCUT2D eigenvalue weighted by Gasteiger charge is -2.16. The maximum atomic E-state index is 13.1. The molecule has 7 heteroatoms. The Labute approximate surface area is 173 Å². The Hall–Kier alpha value is -3.48. The van der Waals surface area contributed by atoms with Gasteiger partial charge in [-0.2, -0.15) is 4.98 Å². The van der Waals surface area contributed by atoms with Crippen molar-refractivity contribution in [1.29, 1.82) is 0 Å². The largest absolute Gasteiger partial charge is 0.350 e. The van der Waals surface area contributed by atoms with Crippen LogP contribution in [-0.2, 0) is 12.8 Å². The smallest absolute Gasteiger partial charge is 0.274 e. The highest BCUT2D eigenvalue weighted by Gasteiger charge is 2.18. The van der Waals surface area contributed by atoms with E-state index in [1.54, 1.807) is 11.9 Å². The van der Waals surface area contributed by atoms with E-state index in [0.29, 0.717) is 30.2 Å². The Kier molecular flexibility index (Phi) is 5.35. The first-order chi connectivity index (χ1) is 14.5. The number of fused-ring (bicyclic) bond motifs is 1. The van der Waals surface area contributed by atoms with E-state index in [2.05, 4.69) is 47.2 Å². The van der Waals surface area contributed by atoms with Gasteiger partial charge in [0.05, 0.1) is 0 Å². The van der Waals surface area contributed by atoms with Crippen molar-refractivity contribution in [3.05, 3.63) is 70.8 Å². The Morgan fingerprint density at radius 2 is 1.97 bits per heavy atom. The number of nitrogens with one attached hydrogen (secondary N) is 1. The molecule has 154 valence electrons. The molecule has 1 amide bonds. The summed E-state index contributed by atoms with van der Waals surface area (Å²) in [4.78, 5) is 21.9. The summed E-state index contributed by atoms with van der Waals surface area (Å²) in [5.41, 5.74) is 4.66. The average molecular weight is 406 g/mol. The molecule has 0 unspecified atom stereocenters. The summed E-state index contributed by atoms with van der Waals surface area (Å²) < 4.78 is 18.6. The van der Waals surface area contributed by atoms with Crippen molar-refractivity contribution >= 4 is 16.8 Å². The summed E-state index contributed by atoms with van der Waals surface area (Å²) in [7, 11) is 1.70. The SMILES string of the molecule is CCc1c(-c2nc(CCN(C)C(=O)c3ccc(F)cc3)no2)[nH]c2ccc(C)cc12. The number of rotatable bonds is 6. The first-order valence-electron chi connectivity index (χ1n) is 9.91. The number of hydrogen-bond acceptors (Lipinski definition) is 4. The third-order valence-electron chi connectivity index (χ3n) is 5.21. The number of aryl methyl sites for hydroxylation is 2. The Morgan fingerprint density at radius 1 is 1.20 bits per heavy atom. The number of H-pyrrole nitrogens is 1. The van der Waals surface area contributed by atoms with Crippen molar-refractivity contribution in [3.63, 3.8) is 0 Å². The third-order valence-corrected chi connectivity index (χ3v) is 5.21. The zero-order valence-electron chi connectivity index (χ0n) is 17.2. The molecule has 0 spiro atoms. The molecule has 0 bridgehead atoms. The molecule has 2 aromatic carbocycles. The standard InChI is InChI=1S/C23H23FN4O2/c1-4-17-18-13-14(2)5-10-19(18)25-21(17)22-26-20(27-30-22)11-12-28(3)23(29)15-6-8-16(24)9-7-15/h5-10,13,25H,4,11-12H2,1-3H3. The number of benzene rings is 2. The topological polar surface area (TPSA) is 75.0 Å². The molecule has 0 atom stereocenters. The Bertz CT molecular complexity index is 1190. The molecule has 0 aliphatic carbocycles. The highest BCUT2D eigenvalue weighted by molar-refractivity contribution is 5.94. The van der Waals surface area contributed by atoms with Crippen LogP contribution in [0.2, 0.25) is 0 Å². The monoisotopic (exact) mass is 406 g/mol. The minimum Gasteiger partial charge on any atom is -0.350 e. The summed E-state index contributed by atoms with van der Waals surface area (Å²) in [6.07, 6.45) is 1.29. The highest BCUT2D eigenvalue weighted by atomic mass is 19.1. The second-order valence-corrected chi connectivity index (χ2v) is 7.38. The quantitative estimate of drug-likeness (QED) is 0.510. The third kappa shape index (κ3) is 3.83. The number of likely N-dealkylation sites (N-methyl/N-ethyl adjacent to an activating group) is 1. The van der Waals surface area contributed by atoms with Crippen molar-refractivity contribution in [2.24, 2.45) is 0 Å². The van der Waals surface area contributed by atoms with Gasteiger partial charge < -0.3 is 14.4 Å². The minimum atomic E-state index is -0.368. The van der Waals surface area contributed by atoms with E-state index in [1.165, 1.54) is 29.8 Å². The van der Waals surface area contributed by atoms with Gasteiger partial charge in [-0.15, -0.1) is 0 Å². The van der Waals surface area contributed by atoms with E-state index >= 15 is 0 Å². The van der Waals surface area contributed by atoms with Gasteiger partial charge in [-0.3, -0.25) is 4.79 Å². The lowest BCUT2D eigenvalue weighted by atomic mass is 10.1. The van der Waals surface area contributed by atoms with Gasteiger partial charge in [-0.1, -0.05) is 23.7 Å². The van der Waals surface area contributed by atoms with Gasteiger partial charge in [0, 0.05) is 36.5 Å². The maximum Gasteiger partial charge on any atom is 0.274 e. The molecule has 0 radical (unpaired) electrons. The highest BCUT2D eigenvalue weighted by Crippen LogP contribution is 2.30. The predicted molar refractivity (Wildman–Crippen MR) is 113 cm³/mol. The van der Waals surface area contributed by atoms with Crippen LogP contribution in [0.1, 0.15) is 34.2 Å². The van der Waals surface area contributed by atoms with Gasteiger partial charge in [-0.05, 0) is 55.3 Å². The van der Waals surface area contributed by atoms with Crippen molar-refractivity contribution in [2.75, 3.05) is 13.6 Å². The maximum absolute atomic E-state index is 13.1. The molecule has 4 rings (SSSR count). The number of amides is 1. The molecular formula is C23H23FN4O2. The fourth-order valence-electron chi connectivity index (χ4n) is 3.55. The fourth-order valence-corrected chi connectivity index (χ4v) is 3.55. The van der Waals surface area contributed by atoms with Crippen LogP contribution in [0.3, 0.4) is 0 Å².